The standard InChI is InChI=1S/C23H24FN5O6S/c1-26-36(32,33)28-19-6-4-5-14(21(19)24)11-17-18(13-27-10-9-25)16-8-7-15(34-23(31)29(2)3)12-20(16)35-22(17)30/h4-8,12,26-28H,10-11,13H2,1-3H3. The highest BCUT2D eigenvalue weighted by molar-refractivity contribution is 7.90. The predicted molar refractivity (Wildman–Crippen MR) is 130 cm³/mol. The zero-order valence-corrected chi connectivity index (χ0v) is 20.5. The maximum atomic E-state index is 15.1. The fraction of sp³-hybridized carbons (Fsp3) is 0.261. The molecule has 190 valence electrons. The number of hydrogen-bond donors (Lipinski definition) is 3. The van der Waals surface area contributed by atoms with Gasteiger partial charge in [-0.3, -0.25) is 4.72 Å². The molecule has 0 bridgehead atoms. The molecule has 0 aliphatic heterocycles. The van der Waals surface area contributed by atoms with E-state index < -0.39 is 27.7 Å². The summed E-state index contributed by atoms with van der Waals surface area (Å²) in [7, 11) is 0.256. The summed E-state index contributed by atoms with van der Waals surface area (Å²) in [6.07, 6.45) is -0.825. The number of anilines is 1. The molecule has 0 radical (unpaired) electrons. The Morgan fingerprint density at radius 2 is 1.97 bits per heavy atom. The summed E-state index contributed by atoms with van der Waals surface area (Å²) in [4.78, 5) is 26.1. The van der Waals surface area contributed by atoms with Gasteiger partial charge in [-0.15, -0.1) is 0 Å². The van der Waals surface area contributed by atoms with E-state index in [0.29, 0.717) is 10.9 Å². The molecule has 1 heterocycles. The van der Waals surface area contributed by atoms with Crippen molar-refractivity contribution in [2.45, 2.75) is 13.0 Å². The molecule has 0 atom stereocenters. The molecule has 11 nitrogen and oxygen atoms in total. The fourth-order valence-electron chi connectivity index (χ4n) is 3.34. The Hall–Kier alpha value is -3.99. The summed E-state index contributed by atoms with van der Waals surface area (Å²) in [5, 5.41) is 12.3. The number of carbonyl (C=O) groups is 1. The van der Waals surface area contributed by atoms with Gasteiger partial charge in [-0.05, 0) is 29.3 Å². The van der Waals surface area contributed by atoms with Crippen LogP contribution in [0.25, 0.3) is 11.0 Å². The lowest BCUT2D eigenvalue weighted by atomic mass is 9.97. The summed E-state index contributed by atoms with van der Waals surface area (Å²) in [6.45, 7) is 0.0881. The van der Waals surface area contributed by atoms with Gasteiger partial charge in [0.05, 0.1) is 18.3 Å². The number of carbonyl (C=O) groups excluding carboxylic acids is 1. The number of ether oxygens (including phenoxy) is 1. The topological polar surface area (TPSA) is 154 Å². The second-order valence-electron chi connectivity index (χ2n) is 7.79. The van der Waals surface area contributed by atoms with Gasteiger partial charge in [0.2, 0.25) is 0 Å². The van der Waals surface area contributed by atoms with Gasteiger partial charge < -0.3 is 19.4 Å². The molecule has 0 spiro atoms. The first kappa shape index (κ1) is 26.6. The number of amides is 1. The van der Waals surface area contributed by atoms with Gasteiger partial charge >= 0.3 is 11.7 Å². The van der Waals surface area contributed by atoms with Crippen LogP contribution in [-0.2, 0) is 23.2 Å². The summed E-state index contributed by atoms with van der Waals surface area (Å²) >= 11 is 0. The zero-order valence-electron chi connectivity index (χ0n) is 19.7. The number of hydrogen-bond acceptors (Lipinski definition) is 8. The van der Waals surface area contributed by atoms with E-state index in [2.05, 4.69) is 10.0 Å². The van der Waals surface area contributed by atoms with Gasteiger partial charge in [0.15, 0.2) is 5.82 Å². The lowest BCUT2D eigenvalue weighted by Crippen LogP contribution is -2.27. The van der Waals surface area contributed by atoms with Crippen LogP contribution in [0.2, 0.25) is 0 Å². The van der Waals surface area contributed by atoms with E-state index in [1.54, 1.807) is 6.07 Å². The van der Waals surface area contributed by atoms with E-state index in [0.717, 1.165) is 0 Å². The van der Waals surface area contributed by atoms with Crippen molar-refractivity contribution in [2.24, 2.45) is 0 Å². The van der Waals surface area contributed by atoms with E-state index in [9.17, 15) is 18.0 Å². The van der Waals surface area contributed by atoms with Crippen LogP contribution in [0.4, 0.5) is 14.9 Å². The number of nitrogens with one attached hydrogen (secondary N) is 3. The molecule has 3 rings (SSSR count). The molecule has 3 N–H and O–H groups in total. The van der Waals surface area contributed by atoms with Crippen LogP contribution in [0.1, 0.15) is 16.7 Å². The smallest absolute Gasteiger partial charge is 0.414 e. The van der Waals surface area contributed by atoms with Crippen molar-refractivity contribution >= 4 is 33.0 Å². The minimum Gasteiger partial charge on any atom is -0.422 e. The predicted octanol–water partition coefficient (Wildman–Crippen LogP) is 2.07. The maximum Gasteiger partial charge on any atom is 0.414 e. The van der Waals surface area contributed by atoms with Gasteiger partial charge in [0.25, 0.3) is 10.2 Å². The third kappa shape index (κ3) is 6.16. The highest BCUT2D eigenvalue weighted by atomic mass is 32.2. The molecule has 36 heavy (non-hydrogen) atoms. The van der Waals surface area contributed by atoms with E-state index in [1.807, 2.05) is 10.8 Å². The van der Waals surface area contributed by atoms with Crippen molar-refractivity contribution in [2.75, 3.05) is 32.4 Å². The Morgan fingerprint density at radius 1 is 1.22 bits per heavy atom. The van der Waals surface area contributed by atoms with E-state index >= 15 is 4.39 Å². The second kappa shape index (κ2) is 11.2. The van der Waals surface area contributed by atoms with Gasteiger partial charge in [-0.25, -0.2) is 18.7 Å². The largest absolute Gasteiger partial charge is 0.422 e. The minimum absolute atomic E-state index is 0.00463. The minimum atomic E-state index is -3.96. The lowest BCUT2D eigenvalue weighted by Gasteiger charge is -2.15. The molecule has 0 fully saturated rings. The number of benzene rings is 2. The average molecular weight is 518 g/mol. The first-order valence-electron chi connectivity index (χ1n) is 10.6. The van der Waals surface area contributed by atoms with Gasteiger partial charge in [-0.2, -0.15) is 13.7 Å². The summed E-state index contributed by atoms with van der Waals surface area (Å²) < 4.78 is 53.6. The fourth-order valence-corrected chi connectivity index (χ4v) is 3.89. The molecule has 1 aromatic heterocycles. The summed E-state index contributed by atoms with van der Waals surface area (Å²) in [5.41, 5.74) is -0.272. The van der Waals surface area contributed by atoms with Crippen LogP contribution in [0.3, 0.4) is 0 Å². The molecule has 2 aromatic carbocycles. The highest BCUT2D eigenvalue weighted by Gasteiger charge is 2.20. The number of rotatable bonds is 9. The van der Waals surface area contributed by atoms with Crippen molar-refractivity contribution in [3.05, 3.63) is 69.3 Å². The second-order valence-corrected chi connectivity index (χ2v) is 9.41. The van der Waals surface area contributed by atoms with Gasteiger partial charge in [0, 0.05) is 51.1 Å². The lowest BCUT2D eigenvalue weighted by molar-refractivity contribution is 0.172. The van der Waals surface area contributed by atoms with Gasteiger partial charge in [-0.1, -0.05) is 12.1 Å². The zero-order chi connectivity index (χ0) is 26.5. The molecular weight excluding hydrogens is 493 g/mol. The Morgan fingerprint density at radius 3 is 2.64 bits per heavy atom. The molecule has 3 aromatic rings. The number of halogens is 1. The molecule has 1 amide bonds. The Labute approximate surface area is 206 Å². The SMILES string of the molecule is CNS(=O)(=O)Nc1cccc(Cc2c(CNCC#N)c3ccc(OC(=O)N(C)C)cc3oc2=O)c1F. The summed E-state index contributed by atoms with van der Waals surface area (Å²) in [5.74, 6) is -0.693. The van der Waals surface area contributed by atoms with E-state index in [1.165, 1.54) is 56.4 Å². The molecular formula is C23H24FN5O6S. The Kier molecular flexibility index (Phi) is 8.25. The van der Waals surface area contributed by atoms with Crippen LogP contribution in [-0.4, -0.2) is 47.1 Å². The molecule has 0 saturated heterocycles. The van der Waals surface area contributed by atoms with E-state index in [-0.39, 0.29) is 47.7 Å². The van der Waals surface area contributed by atoms with E-state index in [4.69, 9.17) is 14.4 Å². The number of fused-ring (bicyclic) bond motifs is 1. The first-order valence-corrected chi connectivity index (χ1v) is 12.1. The molecule has 13 heteroatoms. The van der Waals surface area contributed by atoms with Crippen LogP contribution >= 0.6 is 0 Å². The van der Waals surface area contributed by atoms with Crippen LogP contribution in [0, 0.1) is 17.1 Å². The third-order valence-corrected chi connectivity index (χ3v) is 6.15. The number of nitrogens with zero attached hydrogens (tertiary/aromatic N) is 2. The molecule has 0 aliphatic rings. The number of nitriles is 1. The maximum absolute atomic E-state index is 15.1. The van der Waals surface area contributed by atoms with Crippen molar-refractivity contribution in [3.63, 3.8) is 0 Å². The van der Waals surface area contributed by atoms with Crippen molar-refractivity contribution < 1.29 is 26.8 Å². The monoisotopic (exact) mass is 517 g/mol. The molecule has 0 unspecified atom stereocenters. The average Bonchev–Trinajstić information content (AvgIpc) is 2.83. The highest BCUT2D eigenvalue weighted by Crippen LogP contribution is 2.28. The van der Waals surface area contributed by atoms with Crippen LogP contribution in [0.15, 0.2) is 45.6 Å². The summed E-state index contributed by atoms with van der Waals surface area (Å²) in [6, 6.07) is 10.6. The van der Waals surface area contributed by atoms with Crippen molar-refractivity contribution in [1.29, 1.82) is 5.26 Å². The van der Waals surface area contributed by atoms with Crippen LogP contribution < -0.4 is 25.1 Å². The van der Waals surface area contributed by atoms with Crippen molar-refractivity contribution in [1.82, 2.24) is 14.9 Å². The Balaban J connectivity index is 2.08. The van der Waals surface area contributed by atoms with Crippen LogP contribution in [0.5, 0.6) is 5.75 Å². The Bertz CT molecular complexity index is 1500. The normalized spacial score (nSPS) is 11.2. The van der Waals surface area contributed by atoms with Gasteiger partial charge in [0.1, 0.15) is 11.3 Å². The van der Waals surface area contributed by atoms with Crippen molar-refractivity contribution in [3.8, 4) is 11.8 Å². The molecule has 0 saturated carbocycles. The first-order chi connectivity index (χ1) is 17.1. The molecule has 0 aliphatic carbocycles. The quantitative estimate of drug-likeness (QED) is 0.221. The third-order valence-electron chi connectivity index (χ3n) is 5.13.